The van der Waals surface area contributed by atoms with Crippen LogP contribution in [0.2, 0.25) is 0 Å². The van der Waals surface area contributed by atoms with Crippen molar-refractivity contribution in [3.8, 4) is 11.1 Å². The molecule has 4 heteroatoms. The van der Waals surface area contributed by atoms with E-state index in [9.17, 15) is 9.18 Å². The average Bonchev–Trinajstić information content (AvgIpc) is 3.09. The molecular formula is C23H25FN2O. The summed E-state index contributed by atoms with van der Waals surface area (Å²) < 4.78 is 14.6. The predicted molar refractivity (Wildman–Crippen MR) is 110 cm³/mol. The van der Waals surface area contributed by atoms with Crippen molar-refractivity contribution in [1.82, 2.24) is 10.3 Å². The summed E-state index contributed by atoms with van der Waals surface area (Å²) in [5, 5.41) is 3.76. The lowest BCUT2D eigenvalue weighted by atomic mass is 9.91. The first-order valence-electron chi connectivity index (χ1n) is 9.14. The molecule has 0 saturated carbocycles. The second-order valence-electron chi connectivity index (χ2n) is 7.33. The molecule has 0 spiro atoms. The van der Waals surface area contributed by atoms with Gasteiger partial charge in [-0.05, 0) is 91.6 Å². The van der Waals surface area contributed by atoms with Gasteiger partial charge in [0.25, 0.3) is 5.91 Å². The Kier molecular flexibility index (Phi) is 5.17. The topological polar surface area (TPSA) is 44.9 Å². The van der Waals surface area contributed by atoms with Crippen molar-refractivity contribution in [1.29, 1.82) is 0 Å². The van der Waals surface area contributed by atoms with Crippen molar-refractivity contribution in [3.05, 3.63) is 65.1 Å². The van der Waals surface area contributed by atoms with Crippen molar-refractivity contribution < 1.29 is 9.18 Å². The molecule has 0 unspecified atom stereocenters. The zero-order valence-electron chi connectivity index (χ0n) is 16.4. The van der Waals surface area contributed by atoms with Crippen LogP contribution in [0.4, 0.5) is 4.39 Å². The third kappa shape index (κ3) is 3.80. The Labute approximate surface area is 159 Å². The fraction of sp³-hybridized carbons (Fsp3) is 0.261. The zero-order valence-corrected chi connectivity index (χ0v) is 16.4. The molecule has 3 rings (SSSR count). The fourth-order valence-corrected chi connectivity index (χ4v) is 3.37. The standard InChI is InChI=1S/C23H25FN2O/c1-13(2)26-23(27)22(24)16(5)19-10-15(4)20(11-14(19)3)17-6-7-21-18(12-17)8-9-25-21/h6-13,25H,1-5H3,(H,26,27)/b22-16-. The van der Waals surface area contributed by atoms with Gasteiger partial charge in [-0.3, -0.25) is 4.79 Å². The van der Waals surface area contributed by atoms with E-state index in [2.05, 4.69) is 34.6 Å². The van der Waals surface area contributed by atoms with Gasteiger partial charge in [0.15, 0.2) is 5.83 Å². The molecule has 27 heavy (non-hydrogen) atoms. The van der Waals surface area contributed by atoms with Crippen molar-refractivity contribution in [3.63, 3.8) is 0 Å². The number of nitrogens with one attached hydrogen (secondary N) is 2. The Morgan fingerprint density at radius 3 is 2.52 bits per heavy atom. The summed E-state index contributed by atoms with van der Waals surface area (Å²) in [5.74, 6) is -1.39. The van der Waals surface area contributed by atoms with E-state index in [-0.39, 0.29) is 6.04 Å². The Hall–Kier alpha value is -2.88. The number of aryl methyl sites for hydroxylation is 2. The lowest BCUT2D eigenvalue weighted by Gasteiger charge is -2.15. The number of H-pyrrole nitrogens is 1. The Bertz CT molecular complexity index is 1040. The summed E-state index contributed by atoms with van der Waals surface area (Å²) >= 11 is 0. The molecular weight excluding hydrogens is 339 g/mol. The number of allylic oxidation sites excluding steroid dienone is 1. The number of hydrogen-bond acceptors (Lipinski definition) is 1. The van der Waals surface area contributed by atoms with Crippen LogP contribution in [-0.4, -0.2) is 16.9 Å². The Morgan fingerprint density at radius 2 is 1.81 bits per heavy atom. The van der Waals surface area contributed by atoms with E-state index in [1.807, 2.05) is 46.0 Å². The maximum atomic E-state index is 14.6. The zero-order chi connectivity index (χ0) is 19.7. The van der Waals surface area contributed by atoms with E-state index in [0.717, 1.165) is 38.7 Å². The van der Waals surface area contributed by atoms with E-state index in [1.165, 1.54) is 0 Å². The van der Waals surface area contributed by atoms with Crippen LogP contribution >= 0.6 is 0 Å². The van der Waals surface area contributed by atoms with Crippen molar-refractivity contribution in [2.75, 3.05) is 0 Å². The van der Waals surface area contributed by atoms with Gasteiger partial charge in [-0.15, -0.1) is 0 Å². The monoisotopic (exact) mass is 364 g/mol. The van der Waals surface area contributed by atoms with E-state index < -0.39 is 11.7 Å². The lowest BCUT2D eigenvalue weighted by Crippen LogP contribution is -2.30. The van der Waals surface area contributed by atoms with Crippen LogP contribution in [-0.2, 0) is 4.79 Å². The van der Waals surface area contributed by atoms with Crippen LogP contribution in [0.5, 0.6) is 0 Å². The van der Waals surface area contributed by atoms with Crippen LogP contribution in [0.1, 0.15) is 37.5 Å². The van der Waals surface area contributed by atoms with E-state index in [0.29, 0.717) is 5.57 Å². The minimum Gasteiger partial charge on any atom is -0.361 e. The number of amides is 1. The average molecular weight is 364 g/mol. The molecule has 0 aliphatic rings. The molecule has 0 atom stereocenters. The van der Waals surface area contributed by atoms with Gasteiger partial charge in [0, 0.05) is 17.8 Å². The highest BCUT2D eigenvalue weighted by atomic mass is 19.1. The van der Waals surface area contributed by atoms with Gasteiger partial charge in [-0.2, -0.15) is 0 Å². The highest BCUT2D eigenvalue weighted by Crippen LogP contribution is 2.32. The first-order chi connectivity index (χ1) is 12.8. The molecule has 0 saturated heterocycles. The molecule has 140 valence electrons. The first-order valence-corrected chi connectivity index (χ1v) is 9.14. The van der Waals surface area contributed by atoms with E-state index in [4.69, 9.17) is 0 Å². The summed E-state index contributed by atoms with van der Waals surface area (Å²) in [6.45, 7) is 9.24. The number of carbonyl (C=O) groups is 1. The van der Waals surface area contributed by atoms with E-state index in [1.54, 1.807) is 6.92 Å². The maximum absolute atomic E-state index is 14.6. The van der Waals surface area contributed by atoms with Gasteiger partial charge in [0.2, 0.25) is 0 Å². The third-order valence-electron chi connectivity index (χ3n) is 4.79. The van der Waals surface area contributed by atoms with Crippen molar-refractivity contribution in [2.24, 2.45) is 0 Å². The summed E-state index contributed by atoms with van der Waals surface area (Å²) in [6, 6.07) is 12.3. The van der Waals surface area contributed by atoms with Gasteiger partial charge in [0.05, 0.1) is 0 Å². The highest BCUT2D eigenvalue weighted by molar-refractivity contribution is 5.99. The van der Waals surface area contributed by atoms with Gasteiger partial charge in [0.1, 0.15) is 0 Å². The smallest absolute Gasteiger partial charge is 0.280 e. The van der Waals surface area contributed by atoms with Crippen LogP contribution in [0.25, 0.3) is 27.6 Å². The third-order valence-corrected chi connectivity index (χ3v) is 4.79. The number of aromatic nitrogens is 1. The first kappa shape index (κ1) is 18.9. The quantitative estimate of drug-likeness (QED) is 0.575. The molecule has 1 heterocycles. The fourth-order valence-electron chi connectivity index (χ4n) is 3.37. The SMILES string of the molecule is C/C(=C(/F)C(=O)NC(C)C)c1cc(C)c(-c2ccc3[nH]ccc3c2)cc1C. The second kappa shape index (κ2) is 7.39. The molecule has 0 radical (unpaired) electrons. The number of hydrogen-bond donors (Lipinski definition) is 2. The molecule has 1 aromatic heterocycles. The van der Waals surface area contributed by atoms with E-state index >= 15 is 0 Å². The number of rotatable bonds is 4. The molecule has 0 fully saturated rings. The van der Waals surface area contributed by atoms with Gasteiger partial charge in [-0.1, -0.05) is 18.2 Å². The van der Waals surface area contributed by atoms with Crippen molar-refractivity contribution in [2.45, 2.75) is 40.7 Å². The second-order valence-corrected chi connectivity index (χ2v) is 7.33. The molecule has 3 nitrogen and oxygen atoms in total. The summed E-state index contributed by atoms with van der Waals surface area (Å²) in [6.07, 6.45) is 1.93. The summed E-state index contributed by atoms with van der Waals surface area (Å²) in [7, 11) is 0. The Morgan fingerprint density at radius 1 is 1.07 bits per heavy atom. The molecule has 0 aliphatic carbocycles. The highest BCUT2D eigenvalue weighted by Gasteiger charge is 2.17. The van der Waals surface area contributed by atoms with Gasteiger partial charge >= 0.3 is 0 Å². The van der Waals surface area contributed by atoms with Gasteiger partial charge in [-0.25, -0.2) is 4.39 Å². The molecule has 0 aliphatic heterocycles. The number of benzene rings is 2. The molecule has 3 aromatic rings. The summed E-state index contributed by atoms with van der Waals surface area (Å²) in [4.78, 5) is 15.2. The lowest BCUT2D eigenvalue weighted by molar-refractivity contribution is -0.119. The number of carbonyl (C=O) groups excluding carboxylic acids is 1. The number of aromatic amines is 1. The predicted octanol–water partition coefficient (Wildman–Crippen LogP) is 5.68. The minimum absolute atomic E-state index is 0.107. The number of fused-ring (bicyclic) bond motifs is 1. The van der Waals surface area contributed by atoms with Crippen LogP contribution in [0.3, 0.4) is 0 Å². The van der Waals surface area contributed by atoms with Crippen LogP contribution in [0.15, 0.2) is 48.4 Å². The maximum Gasteiger partial charge on any atom is 0.280 e. The largest absolute Gasteiger partial charge is 0.361 e. The molecule has 0 bridgehead atoms. The van der Waals surface area contributed by atoms with Gasteiger partial charge < -0.3 is 10.3 Å². The molecule has 1 amide bonds. The minimum atomic E-state index is -0.729. The summed E-state index contributed by atoms with van der Waals surface area (Å²) in [5.41, 5.74) is 6.43. The Balaban J connectivity index is 2.03. The number of halogens is 1. The van der Waals surface area contributed by atoms with Crippen LogP contribution < -0.4 is 5.32 Å². The normalized spacial score (nSPS) is 12.4. The van der Waals surface area contributed by atoms with Crippen LogP contribution in [0, 0.1) is 13.8 Å². The molecule has 2 N–H and O–H groups in total. The molecule has 2 aromatic carbocycles. The van der Waals surface area contributed by atoms with Crippen molar-refractivity contribution >= 4 is 22.4 Å².